The highest BCUT2D eigenvalue weighted by molar-refractivity contribution is 7.91. The Labute approximate surface area is 167 Å². The molecule has 28 heavy (non-hydrogen) atoms. The highest BCUT2D eigenvalue weighted by atomic mass is 32.2. The van der Waals surface area contributed by atoms with Gasteiger partial charge in [-0.15, -0.1) is 0 Å². The molecule has 0 spiro atoms. The van der Waals surface area contributed by atoms with Gasteiger partial charge in [0, 0.05) is 12.6 Å². The molecule has 0 radical (unpaired) electrons. The third-order valence-corrected chi connectivity index (χ3v) is 7.61. The summed E-state index contributed by atoms with van der Waals surface area (Å²) in [6.45, 7) is 1.83. The molecular formula is C21H29NO5S. The quantitative estimate of drug-likeness (QED) is 0.678. The average Bonchev–Trinajstić information content (AvgIpc) is 3.07. The van der Waals surface area contributed by atoms with Crippen molar-refractivity contribution in [1.29, 1.82) is 0 Å². The molecule has 154 valence electrons. The second-order valence-electron chi connectivity index (χ2n) is 7.77. The van der Waals surface area contributed by atoms with Crippen LogP contribution in [0.3, 0.4) is 0 Å². The van der Waals surface area contributed by atoms with E-state index >= 15 is 0 Å². The Hall–Kier alpha value is -1.89. The van der Waals surface area contributed by atoms with Crippen LogP contribution in [-0.4, -0.2) is 55.9 Å². The molecule has 1 unspecified atom stereocenters. The van der Waals surface area contributed by atoms with Crippen LogP contribution in [0, 0.1) is 0 Å². The van der Waals surface area contributed by atoms with E-state index in [0.717, 1.165) is 0 Å². The van der Waals surface area contributed by atoms with Crippen molar-refractivity contribution in [1.82, 2.24) is 4.90 Å². The molecule has 6 nitrogen and oxygen atoms in total. The Balaban J connectivity index is 1.53. The number of benzene rings is 1. The van der Waals surface area contributed by atoms with Crippen molar-refractivity contribution >= 4 is 21.7 Å². The number of rotatable bonds is 6. The van der Waals surface area contributed by atoms with E-state index < -0.39 is 15.8 Å². The second-order valence-corrected chi connectivity index (χ2v) is 10.00. The molecule has 2 aliphatic rings. The Morgan fingerprint density at radius 2 is 1.75 bits per heavy atom. The molecule has 2 fully saturated rings. The molecule has 0 bridgehead atoms. The van der Waals surface area contributed by atoms with Crippen LogP contribution in [0.1, 0.15) is 67.3 Å². The molecule has 1 atom stereocenters. The number of nitrogens with zero attached hydrogens (tertiary/aromatic N) is 1. The summed E-state index contributed by atoms with van der Waals surface area (Å²) in [5.74, 6) is -0.214. The van der Waals surface area contributed by atoms with Crippen molar-refractivity contribution in [2.75, 3.05) is 24.7 Å². The summed E-state index contributed by atoms with van der Waals surface area (Å²) >= 11 is 0. The summed E-state index contributed by atoms with van der Waals surface area (Å²) in [5, 5.41) is 0. The molecule has 1 aromatic carbocycles. The van der Waals surface area contributed by atoms with E-state index in [1.165, 1.54) is 42.6 Å². The molecule has 1 aromatic rings. The maximum Gasteiger partial charge on any atom is 0.338 e. The Bertz CT molecular complexity index is 797. The van der Waals surface area contributed by atoms with Crippen molar-refractivity contribution in [3.8, 4) is 0 Å². The van der Waals surface area contributed by atoms with E-state index in [2.05, 4.69) is 0 Å². The Kier molecular flexibility index (Phi) is 6.75. The fourth-order valence-electron chi connectivity index (χ4n) is 4.28. The van der Waals surface area contributed by atoms with Gasteiger partial charge in [0.2, 0.25) is 0 Å². The summed E-state index contributed by atoms with van der Waals surface area (Å²) in [6, 6.07) is 7.16. The van der Waals surface area contributed by atoms with Crippen molar-refractivity contribution < 1.29 is 22.7 Å². The number of carbonyl (C=O) groups is 2. The first-order valence-corrected chi connectivity index (χ1v) is 12.0. The highest BCUT2D eigenvalue weighted by Crippen LogP contribution is 2.32. The van der Waals surface area contributed by atoms with Gasteiger partial charge in [-0.2, -0.15) is 0 Å². The average molecular weight is 408 g/mol. The van der Waals surface area contributed by atoms with E-state index in [-0.39, 0.29) is 30.1 Å². The molecule has 1 heterocycles. The molecule has 1 amide bonds. The first-order valence-electron chi connectivity index (χ1n) is 10.2. The number of ether oxygens (including phenoxy) is 1. The van der Waals surface area contributed by atoms with Crippen molar-refractivity contribution in [3.05, 3.63) is 35.4 Å². The summed E-state index contributed by atoms with van der Waals surface area (Å²) in [4.78, 5) is 26.2. The van der Waals surface area contributed by atoms with Gasteiger partial charge in [-0.1, -0.05) is 31.4 Å². The fourth-order valence-corrected chi connectivity index (χ4v) is 6.01. The summed E-state index contributed by atoms with van der Waals surface area (Å²) in [5.41, 5.74) is 1.69. The topological polar surface area (TPSA) is 80.8 Å². The number of hydrogen-bond acceptors (Lipinski definition) is 5. The van der Waals surface area contributed by atoms with Crippen LogP contribution in [0.4, 0.5) is 0 Å². The normalized spacial score (nSPS) is 22.0. The maximum absolute atomic E-state index is 12.4. The van der Waals surface area contributed by atoms with E-state index in [0.29, 0.717) is 24.4 Å². The first-order chi connectivity index (χ1) is 13.4. The van der Waals surface area contributed by atoms with E-state index in [4.69, 9.17) is 4.74 Å². The molecule has 1 aliphatic heterocycles. The molecule has 3 rings (SSSR count). The van der Waals surface area contributed by atoms with E-state index in [1.807, 2.05) is 12.1 Å². The lowest BCUT2D eigenvalue weighted by molar-refractivity contribution is -0.136. The van der Waals surface area contributed by atoms with Gasteiger partial charge in [-0.05, 0) is 49.8 Å². The predicted octanol–water partition coefficient (Wildman–Crippen LogP) is 2.93. The molecule has 0 aromatic heterocycles. The second kappa shape index (κ2) is 9.07. The third kappa shape index (κ3) is 5.13. The molecular weight excluding hydrogens is 378 g/mol. The number of esters is 1. The van der Waals surface area contributed by atoms with Crippen LogP contribution in [0.25, 0.3) is 0 Å². The fraction of sp³-hybridized carbons (Fsp3) is 0.619. The summed E-state index contributed by atoms with van der Waals surface area (Å²) < 4.78 is 28.5. The lowest BCUT2D eigenvalue weighted by Gasteiger charge is -2.26. The zero-order valence-electron chi connectivity index (χ0n) is 16.4. The van der Waals surface area contributed by atoms with Crippen LogP contribution in [0.15, 0.2) is 24.3 Å². The highest BCUT2D eigenvalue weighted by Gasteiger charge is 2.34. The number of sulfone groups is 1. The number of carbonyl (C=O) groups excluding carboxylic acids is 2. The number of likely N-dealkylation sites (N-methyl/N-ethyl adjacent to an activating group) is 1. The van der Waals surface area contributed by atoms with Crippen LogP contribution in [0.2, 0.25) is 0 Å². The van der Waals surface area contributed by atoms with Crippen molar-refractivity contribution in [2.24, 2.45) is 0 Å². The van der Waals surface area contributed by atoms with Gasteiger partial charge >= 0.3 is 5.97 Å². The van der Waals surface area contributed by atoms with Gasteiger partial charge < -0.3 is 9.64 Å². The Morgan fingerprint density at radius 3 is 2.32 bits per heavy atom. The monoisotopic (exact) mass is 407 g/mol. The smallest absolute Gasteiger partial charge is 0.338 e. The SMILES string of the molecule is CCN(C(=O)COC(=O)c1ccc(C2CCCCC2)cc1)C1CCS(=O)(=O)C1. The molecule has 1 saturated heterocycles. The molecule has 7 heteroatoms. The maximum atomic E-state index is 12.4. The molecule has 1 saturated carbocycles. The van der Waals surface area contributed by atoms with Crippen LogP contribution >= 0.6 is 0 Å². The minimum atomic E-state index is -3.07. The lowest BCUT2D eigenvalue weighted by Crippen LogP contribution is -2.43. The largest absolute Gasteiger partial charge is 0.452 e. The molecule has 1 aliphatic carbocycles. The first kappa shape index (κ1) is 20.8. The van der Waals surface area contributed by atoms with E-state index in [1.54, 1.807) is 19.1 Å². The third-order valence-electron chi connectivity index (χ3n) is 5.86. The van der Waals surface area contributed by atoms with Gasteiger partial charge in [0.05, 0.1) is 17.1 Å². The zero-order chi connectivity index (χ0) is 20.1. The van der Waals surface area contributed by atoms with Crippen LogP contribution < -0.4 is 0 Å². The standard InChI is InChI=1S/C21H29NO5S/c1-2-22(19-12-13-28(25,26)15-19)20(23)14-27-21(24)18-10-8-17(9-11-18)16-6-4-3-5-7-16/h8-11,16,19H,2-7,12-15H2,1H3. The van der Waals surface area contributed by atoms with Crippen LogP contribution in [-0.2, 0) is 19.4 Å². The minimum absolute atomic E-state index is 0.0108. The number of hydrogen-bond donors (Lipinski definition) is 0. The number of amides is 1. The van der Waals surface area contributed by atoms with Gasteiger partial charge in [0.15, 0.2) is 16.4 Å². The van der Waals surface area contributed by atoms with Gasteiger partial charge in [-0.25, -0.2) is 13.2 Å². The Morgan fingerprint density at radius 1 is 1.07 bits per heavy atom. The summed E-state index contributed by atoms with van der Waals surface area (Å²) in [7, 11) is -3.07. The minimum Gasteiger partial charge on any atom is -0.452 e. The summed E-state index contributed by atoms with van der Waals surface area (Å²) in [6.07, 6.45) is 6.65. The predicted molar refractivity (Wildman–Crippen MR) is 107 cm³/mol. The van der Waals surface area contributed by atoms with Crippen LogP contribution in [0.5, 0.6) is 0 Å². The molecule has 0 N–H and O–H groups in total. The van der Waals surface area contributed by atoms with Gasteiger partial charge in [0.1, 0.15) is 0 Å². The van der Waals surface area contributed by atoms with Gasteiger partial charge in [-0.3, -0.25) is 4.79 Å². The lowest BCUT2D eigenvalue weighted by atomic mass is 9.84. The van der Waals surface area contributed by atoms with Crippen molar-refractivity contribution in [2.45, 2.75) is 57.4 Å². The van der Waals surface area contributed by atoms with Crippen molar-refractivity contribution in [3.63, 3.8) is 0 Å². The zero-order valence-corrected chi connectivity index (χ0v) is 17.2. The van der Waals surface area contributed by atoms with Gasteiger partial charge in [0.25, 0.3) is 5.91 Å². The van der Waals surface area contributed by atoms with E-state index in [9.17, 15) is 18.0 Å².